The Kier molecular flexibility index (Phi) is 4.81. The van der Waals surface area contributed by atoms with Gasteiger partial charge in [0.25, 0.3) is 5.91 Å². The number of benzene rings is 1. The minimum Gasteiger partial charge on any atom is -0.482 e. The van der Waals surface area contributed by atoms with Gasteiger partial charge in [0.2, 0.25) is 5.91 Å². The van der Waals surface area contributed by atoms with Gasteiger partial charge in [0.1, 0.15) is 12.3 Å². The van der Waals surface area contributed by atoms with Gasteiger partial charge in [-0.2, -0.15) is 0 Å². The minimum atomic E-state index is -0.184. The van der Waals surface area contributed by atoms with E-state index in [0.29, 0.717) is 18.0 Å². The molecule has 1 saturated heterocycles. The number of ether oxygens (including phenoxy) is 1. The van der Waals surface area contributed by atoms with Crippen molar-refractivity contribution in [2.24, 2.45) is 0 Å². The first kappa shape index (κ1) is 15.8. The highest BCUT2D eigenvalue weighted by atomic mass is 16.5. The summed E-state index contributed by atoms with van der Waals surface area (Å²) in [5.74, 6) is 0.344. The van der Waals surface area contributed by atoms with Crippen LogP contribution in [0.1, 0.15) is 18.4 Å². The fourth-order valence-corrected chi connectivity index (χ4v) is 3.04. The van der Waals surface area contributed by atoms with Gasteiger partial charge in [-0.25, -0.2) is 0 Å². The van der Waals surface area contributed by atoms with Crippen molar-refractivity contribution in [3.05, 3.63) is 23.8 Å². The lowest BCUT2D eigenvalue weighted by Crippen LogP contribution is -2.46. The number of anilines is 1. The molecule has 1 aromatic rings. The molecule has 0 unspecified atom stereocenters. The molecule has 0 saturated carbocycles. The number of likely N-dealkylation sites (tertiary alicyclic amines) is 1. The largest absolute Gasteiger partial charge is 0.482 e. The summed E-state index contributed by atoms with van der Waals surface area (Å²) < 4.78 is 5.45. The highest BCUT2D eigenvalue weighted by Gasteiger charge is 2.27. The second-order valence-corrected chi connectivity index (χ2v) is 6.14. The van der Waals surface area contributed by atoms with E-state index < -0.39 is 0 Å². The molecule has 2 amide bonds. The second-order valence-electron chi connectivity index (χ2n) is 6.14. The van der Waals surface area contributed by atoms with Crippen LogP contribution in [0.2, 0.25) is 0 Å². The molecular weight excluding hydrogens is 294 g/mol. The predicted molar refractivity (Wildman–Crippen MR) is 87.7 cm³/mol. The van der Waals surface area contributed by atoms with Gasteiger partial charge in [0.05, 0.1) is 5.69 Å². The maximum Gasteiger partial charge on any atom is 0.265 e. The molecule has 23 heavy (non-hydrogen) atoms. The number of nitrogens with zero attached hydrogens (tertiary/aromatic N) is 2. The lowest BCUT2D eigenvalue weighted by molar-refractivity contribution is -0.125. The van der Waals surface area contributed by atoms with E-state index >= 15 is 0 Å². The number of amides is 2. The van der Waals surface area contributed by atoms with Gasteiger partial charge in [-0.05, 0) is 50.6 Å². The molecule has 0 aliphatic carbocycles. The van der Waals surface area contributed by atoms with E-state index in [9.17, 15) is 9.59 Å². The van der Waals surface area contributed by atoms with Gasteiger partial charge in [-0.15, -0.1) is 0 Å². The Bertz CT molecular complexity index is 597. The molecule has 2 aliphatic heterocycles. The Labute approximate surface area is 136 Å². The molecular formula is C17H23N3O3. The predicted octanol–water partition coefficient (Wildman–Crippen LogP) is 0.932. The van der Waals surface area contributed by atoms with Gasteiger partial charge in [0.15, 0.2) is 6.61 Å². The number of carbonyl (C=O) groups is 2. The third-order valence-electron chi connectivity index (χ3n) is 4.31. The third kappa shape index (κ3) is 3.82. The molecule has 6 nitrogen and oxygen atoms in total. The lowest BCUT2D eigenvalue weighted by Gasteiger charge is -2.29. The molecule has 0 atom stereocenters. The molecule has 1 fully saturated rings. The van der Waals surface area contributed by atoms with Crippen LogP contribution in [0.25, 0.3) is 0 Å². The molecule has 2 heterocycles. The highest BCUT2D eigenvalue weighted by molar-refractivity contribution is 6.02. The van der Waals surface area contributed by atoms with Crippen LogP contribution in [0.5, 0.6) is 5.75 Å². The molecule has 3 rings (SSSR count). The summed E-state index contributed by atoms with van der Waals surface area (Å²) >= 11 is 0. The Morgan fingerprint density at radius 2 is 2.09 bits per heavy atom. The summed E-state index contributed by atoms with van der Waals surface area (Å²) in [6.07, 6.45) is 2.48. The summed E-state index contributed by atoms with van der Waals surface area (Å²) in [7, 11) is 0. The van der Waals surface area contributed by atoms with Gasteiger partial charge in [0, 0.05) is 13.1 Å². The van der Waals surface area contributed by atoms with E-state index in [1.54, 1.807) is 0 Å². The second kappa shape index (κ2) is 7.00. The average Bonchev–Trinajstić information content (AvgIpc) is 3.03. The number of carbonyl (C=O) groups excluding carboxylic acids is 2. The first-order valence-corrected chi connectivity index (χ1v) is 8.16. The standard InChI is InChI=1S/C17H23N3O3/c1-13-4-5-14-15(10-13)23-12-17(22)20(14)11-16(21)18-6-9-19-7-2-3-8-19/h4-5,10H,2-3,6-9,11-12H2,1H3,(H,18,21). The number of nitrogens with one attached hydrogen (secondary N) is 1. The third-order valence-corrected chi connectivity index (χ3v) is 4.31. The van der Waals surface area contributed by atoms with Crippen LogP contribution in [-0.4, -0.2) is 56.0 Å². The zero-order valence-electron chi connectivity index (χ0n) is 13.5. The average molecular weight is 317 g/mol. The molecule has 6 heteroatoms. The first-order valence-electron chi connectivity index (χ1n) is 8.16. The van der Waals surface area contributed by atoms with E-state index in [1.165, 1.54) is 17.7 Å². The van der Waals surface area contributed by atoms with Crippen LogP contribution in [-0.2, 0) is 9.59 Å². The van der Waals surface area contributed by atoms with Crippen molar-refractivity contribution in [3.8, 4) is 5.75 Å². The summed E-state index contributed by atoms with van der Waals surface area (Å²) in [6, 6.07) is 5.64. The SMILES string of the molecule is Cc1ccc2c(c1)OCC(=O)N2CC(=O)NCCN1CCCC1. The molecule has 1 aromatic carbocycles. The van der Waals surface area contributed by atoms with Crippen molar-refractivity contribution in [1.29, 1.82) is 0 Å². The van der Waals surface area contributed by atoms with E-state index in [4.69, 9.17) is 4.74 Å². The van der Waals surface area contributed by atoms with Crippen LogP contribution < -0.4 is 15.0 Å². The zero-order valence-corrected chi connectivity index (χ0v) is 13.5. The summed E-state index contributed by atoms with van der Waals surface area (Å²) in [5, 5.41) is 2.90. The summed E-state index contributed by atoms with van der Waals surface area (Å²) in [4.78, 5) is 28.1. The number of aryl methyl sites for hydroxylation is 1. The molecule has 1 N–H and O–H groups in total. The van der Waals surface area contributed by atoms with Crippen molar-refractivity contribution in [1.82, 2.24) is 10.2 Å². The van der Waals surface area contributed by atoms with Crippen molar-refractivity contribution in [2.75, 3.05) is 44.2 Å². The molecule has 2 aliphatic rings. The molecule has 0 spiro atoms. The zero-order chi connectivity index (χ0) is 16.2. The van der Waals surface area contributed by atoms with Gasteiger partial charge >= 0.3 is 0 Å². The summed E-state index contributed by atoms with van der Waals surface area (Å²) in [5.41, 5.74) is 1.73. The topological polar surface area (TPSA) is 61.9 Å². The lowest BCUT2D eigenvalue weighted by atomic mass is 10.1. The molecule has 124 valence electrons. The van der Waals surface area contributed by atoms with Crippen LogP contribution in [0.4, 0.5) is 5.69 Å². The maximum absolute atomic E-state index is 12.1. The normalized spacial score (nSPS) is 17.8. The highest BCUT2D eigenvalue weighted by Crippen LogP contribution is 2.32. The van der Waals surface area contributed by atoms with Crippen molar-refractivity contribution < 1.29 is 14.3 Å². The fourth-order valence-electron chi connectivity index (χ4n) is 3.04. The molecule has 0 bridgehead atoms. The number of rotatable bonds is 5. The smallest absolute Gasteiger partial charge is 0.265 e. The Balaban J connectivity index is 1.56. The molecule has 0 aromatic heterocycles. The first-order chi connectivity index (χ1) is 11.1. The van der Waals surface area contributed by atoms with E-state index in [1.807, 2.05) is 25.1 Å². The van der Waals surface area contributed by atoms with Gasteiger partial charge < -0.3 is 15.0 Å². The number of fused-ring (bicyclic) bond motifs is 1. The number of hydrogen-bond donors (Lipinski definition) is 1. The van der Waals surface area contributed by atoms with Crippen molar-refractivity contribution in [3.63, 3.8) is 0 Å². The fraction of sp³-hybridized carbons (Fsp3) is 0.529. The molecule has 0 radical (unpaired) electrons. The summed E-state index contributed by atoms with van der Waals surface area (Å²) in [6.45, 7) is 5.72. The van der Waals surface area contributed by atoms with Crippen LogP contribution in [0.15, 0.2) is 18.2 Å². The minimum absolute atomic E-state index is 0.0164. The van der Waals surface area contributed by atoms with Crippen LogP contribution in [0.3, 0.4) is 0 Å². The maximum atomic E-state index is 12.1. The Morgan fingerprint density at radius 3 is 2.87 bits per heavy atom. The van der Waals surface area contributed by atoms with Gasteiger partial charge in [-0.3, -0.25) is 14.5 Å². The van der Waals surface area contributed by atoms with E-state index in [0.717, 1.165) is 25.2 Å². The van der Waals surface area contributed by atoms with Crippen molar-refractivity contribution in [2.45, 2.75) is 19.8 Å². The van der Waals surface area contributed by atoms with Crippen LogP contribution >= 0.6 is 0 Å². The van der Waals surface area contributed by atoms with Crippen LogP contribution in [0, 0.1) is 6.92 Å². The van der Waals surface area contributed by atoms with E-state index in [2.05, 4.69) is 10.2 Å². The number of hydrogen-bond acceptors (Lipinski definition) is 4. The van der Waals surface area contributed by atoms with E-state index in [-0.39, 0.29) is 25.0 Å². The Morgan fingerprint density at radius 1 is 1.30 bits per heavy atom. The monoisotopic (exact) mass is 317 g/mol. The van der Waals surface area contributed by atoms with Crippen molar-refractivity contribution >= 4 is 17.5 Å². The van der Waals surface area contributed by atoms with Gasteiger partial charge in [-0.1, -0.05) is 6.07 Å². The quantitative estimate of drug-likeness (QED) is 0.878. The Hall–Kier alpha value is -2.08.